The summed E-state index contributed by atoms with van der Waals surface area (Å²) in [6.07, 6.45) is 11.6. The molecule has 4 fully saturated rings. The highest BCUT2D eigenvalue weighted by atomic mass is 16.3. The molecule has 0 bridgehead atoms. The summed E-state index contributed by atoms with van der Waals surface area (Å²) in [7, 11) is 0. The maximum Gasteiger partial charge on any atom is 0.0596 e. The van der Waals surface area contributed by atoms with Crippen LogP contribution in [0.15, 0.2) is 0 Å². The molecule has 21 heavy (non-hydrogen) atoms. The van der Waals surface area contributed by atoms with Gasteiger partial charge in [0.2, 0.25) is 0 Å². The van der Waals surface area contributed by atoms with Gasteiger partial charge in [-0.15, -0.1) is 0 Å². The first-order valence-electron chi connectivity index (χ1n) is 9.39. The monoisotopic (exact) mass is 291 g/mol. The third-order valence-corrected chi connectivity index (χ3v) is 8.66. The van der Waals surface area contributed by atoms with Crippen molar-refractivity contribution in [3.05, 3.63) is 0 Å². The summed E-state index contributed by atoms with van der Waals surface area (Å²) in [5.74, 6) is 3.46. The van der Waals surface area contributed by atoms with Gasteiger partial charge in [-0.2, -0.15) is 0 Å². The van der Waals surface area contributed by atoms with Crippen molar-refractivity contribution in [2.24, 2.45) is 40.2 Å². The zero-order valence-electron chi connectivity index (χ0n) is 13.9. The summed E-state index contributed by atoms with van der Waals surface area (Å²) >= 11 is 0. The molecule has 0 spiro atoms. The summed E-state index contributed by atoms with van der Waals surface area (Å²) in [5, 5.41) is 10.5. The molecule has 0 unspecified atom stereocenters. The topological polar surface area (TPSA) is 46.2 Å². The van der Waals surface area contributed by atoms with Gasteiger partial charge in [-0.05, 0) is 92.3 Å². The minimum absolute atomic E-state index is 0.0336. The second-order valence-electron chi connectivity index (χ2n) is 9.33. The first-order chi connectivity index (χ1) is 9.95. The first-order valence-corrected chi connectivity index (χ1v) is 9.39. The average molecular weight is 291 g/mol. The van der Waals surface area contributed by atoms with Gasteiger partial charge in [-0.1, -0.05) is 13.8 Å². The lowest BCUT2D eigenvalue weighted by molar-refractivity contribution is -0.122. The number of aliphatic hydroxyl groups excluding tert-OH is 1. The van der Waals surface area contributed by atoms with Crippen LogP contribution in [0, 0.1) is 34.5 Å². The zero-order chi connectivity index (χ0) is 14.8. The number of aliphatic hydroxyl groups is 1. The SMILES string of the molecule is C[C@]12CC[C@H](N)C[C@@H]1CC[C@H]1[C@H]2CC[C@@]2(C)[C@H](O)CC[C@H]12. The molecule has 120 valence electrons. The predicted octanol–water partition coefficient (Wildman–Crippen LogP) is 3.72. The largest absolute Gasteiger partial charge is 0.393 e. The molecule has 0 amide bonds. The Bertz CT molecular complexity index is 424. The maximum absolute atomic E-state index is 10.5. The number of fused-ring (bicyclic) bond motifs is 5. The van der Waals surface area contributed by atoms with Gasteiger partial charge in [-0.3, -0.25) is 0 Å². The van der Waals surface area contributed by atoms with Gasteiger partial charge in [0, 0.05) is 6.04 Å². The van der Waals surface area contributed by atoms with Gasteiger partial charge in [0.1, 0.15) is 0 Å². The minimum Gasteiger partial charge on any atom is -0.393 e. The maximum atomic E-state index is 10.5. The number of nitrogens with two attached hydrogens (primary N) is 1. The highest BCUT2D eigenvalue weighted by Crippen LogP contribution is 2.66. The van der Waals surface area contributed by atoms with Gasteiger partial charge < -0.3 is 10.8 Å². The van der Waals surface area contributed by atoms with E-state index in [1.54, 1.807) is 0 Å². The molecular weight excluding hydrogens is 258 g/mol. The number of hydrogen-bond donors (Lipinski definition) is 2. The Morgan fingerprint density at radius 2 is 1.57 bits per heavy atom. The van der Waals surface area contributed by atoms with Gasteiger partial charge in [-0.25, -0.2) is 0 Å². The summed E-state index contributed by atoms with van der Waals surface area (Å²) in [6.45, 7) is 4.98. The lowest BCUT2D eigenvalue weighted by Crippen LogP contribution is -2.55. The lowest BCUT2D eigenvalue weighted by Gasteiger charge is -2.60. The highest BCUT2D eigenvalue weighted by Gasteiger charge is 2.59. The fourth-order valence-corrected chi connectivity index (χ4v) is 7.26. The second-order valence-corrected chi connectivity index (χ2v) is 9.33. The van der Waals surface area contributed by atoms with Crippen LogP contribution in [0.25, 0.3) is 0 Å². The highest BCUT2D eigenvalue weighted by molar-refractivity contribution is 5.09. The van der Waals surface area contributed by atoms with E-state index in [-0.39, 0.29) is 11.5 Å². The average Bonchev–Trinajstić information content (AvgIpc) is 2.76. The van der Waals surface area contributed by atoms with E-state index in [0.29, 0.717) is 11.5 Å². The third kappa shape index (κ3) is 1.91. The Morgan fingerprint density at radius 1 is 0.857 bits per heavy atom. The minimum atomic E-state index is -0.0336. The molecule has 0 saturated heterocycles. The van der Waals surface area contributed by atoms with E-state index in [0.717, 1.165) is 30.1 Å². The van der Waals surface area contributed by atoms with E-state index in [1.807, 2.05) is 0 Å². The normalized spacial score (nSPS) is 60.0. The third-order valence-electron chi connectivity index (χ3n) is 8.66. The Morgan fingerprint density at radius 3 is 2.38 bits per heavy atom. The molecule has 4 aliphatic rings. The van der Waals surface area contributed by atoms with Crippen molar-refractivity contribution in [2.45, 2.75) is 83.8 Å². The van der Waals surface area contributed by atoms with E-state index in [4.69, 9.17) is 5.73 Å². The molecule has 4 aliphatic carbocycles. The van der Waals surface area contributed by atoms with Crippen molar-refractivity contribution in [1.29, 1.82) is 0 Å². The van der Waals surface area contributed by atoms with Crippen molar-refractivity contribution < 1.29 is 5.11 Å². The Kier molecular flexibility index (Phi) is 3.25. The van der Waals surface area contributed by atoms with E-state index in [2.05, 4.69) is 13.8 Å². The van der Waals surface area contributed by atoms with Gasteiger partial charge in [0.05, 0.1) is 6.10 Å². The fraction of sp³-hybridized carbons (Fsp3) is 1.00. The summed E-state index contributed by atoms with van der Waals surface area (Å²) in [5.41, 5.74) is 7.04. The molecule has 0 aromatic carbocycles. The molecule has 0 aromatic rings. The first kappa shape index (κ1) is 14.5. The Labute approximate surface area is 129 Å². The van der Waals surface area contributed by atoms with Gasteiger partial charge in [0.25, 0.3) is 0 Å². The lowest BCUT2D eigenvalue weighted by atomic mass is 9.45. The van der Waals surface area contributed by atoms with Crippen molar-refractivity contribution in [3.8, 4) is 0 Å². The standard InChI is InChI=1S/C19H33NO/c1-18-9-7-13(20)11-12(18)3-4-14-15-5-6-17(21)19(15,2)10-8-16(14)18/h12-17,21H,3-11,20H2,1-2H3/t12-,13-,14+,15+,16+,17+,18-,19+/m0/s1. The van der Waals surface area contributed by atoms with Gasteiger partial charge >= 0.3 is 0 Å². The molecular formula is C19H33NO. The molecule has 0 aliphatic heterocycles. The number of hydrogen-bond acceptors (Lipinski definition) is 2. The molecule has 0 aromatic heterocycles. The Balaban J connectivity index is 1.62. The second kappa shape index (κ2) is 4.71. The van der Waals surface area contributed by atoms with E-state index < -0.39 is 0 Å². The van der Waals surface area contributed by atoms with Crippen LogP contribution in [-0.2, 0) is 0 Å². The smallest absolute Gasteiger partial charge is 0.0596 e. The zero-order valence-corrected chi connectivity index (χ0v) is 13.9. The van der Waals surface area contributed by atoms with Crippen molar-refractivity contribution >= 4 is 0 Å². The van der Waals surface area contributed by atoms with E-state index >= 15 is 0 Å². The fourth-order valence-electron chi connectivity index (χ4n) is 7.26. The van der Waals surface area contributed by atoms with Crippen LogP contribution in [0.5, 0.6) is 0 Å². The van der Waals surface area contributed by atoms with Crippen LogP contribution in [0.4, 0.5) is 0 Å². The summed E-state index contributed by atoms with van der Waals surface area (Å²) in [4.78, 5) is 0. The van der Waals surface area contributed by atoms with Crippen LogP contribution in [-0.4, -0.2) is 17.3 Å². The molecule has 4 saturated carbocycles. The molecule has 0 radical (unpaired) electrons. The molecule has 8 atom stereocenters. The quantitative estimate of drug-likeness (QED) is 0.714. The van der Waals surface area contributed by atoms with Crippen LogP contribution < -0.4 is 5.73 Å². The summed E-state index contributed by atoms with van der Waals surface area (Å²) in [6, 6.07) is 0.460. The van der Waals surface area contributed by atoms with E-state index in [9.17, 15) is 5.11 Å². The van der Waals surface area contributed by atoms with Crippen molar-refractivity contribution in [1.82, 2.24) is 0 Å². The summed E-state index contributed by atoms with van der Waals surface area (Å²) < 4.78 is 0. The van der Waals surface area contributed by atoms with Gasteiger partial charge in [0.15, 0.2) is 0 Å². The molecule has 0 heterocycles. The van der Waals surface area contributed by atoms with Crippen LogP contribution in [0.1, 0.15) is 71.6 Å². The molecule has 4 rings (SSSR count). The Hall–Kier alpha value is -0.0800. The van der Waals surface area contributed by atoms with Crippen LogP contribution >= 0.6 is 0 Å². The van der Waals surface area contributed by atoms with Crippen molar-refractivity contribution in [3.63, 3.8) is 0 Å². The predicted molar refractivity (Wildman–Crippen MR) is 85.7 cm³/mol. The number of rotatable bonds is 0. The van der Waals surface area contributed by atoms with E-state index in [1.165, 1.54) is 51.4 Å². The molecule has 3 N–H and O–H groups in total. The molecule has 2 heteroatoms. The molecule has 2 nitrogen and oxygen atoms in total. The van der Waals surface area contributed by atoms with Crippen LogP contribution in [0.3, 0.4) is 0 Å². The van der Waals surface area contributed by atoms with Crippen LogP contribution in [0.2, 0.25) is 0 Å². The van der Waals surface area contributed by atoms with Crippen molar-refractivity contribution in [2.75, 3.05) is 0 Å².